The maximum absolute atomic E-state index is 12.0. The summed E-state index contributed by atoms with van der Waals surface area (Å²) in [6.07, 6.45) is 5.09. The summed E-state index contributed by atoms with van der Waals surface area (Å²) >= 11 is 12.4. The minimum atomic E-state index is -0.287. The van der Waals surface area contributed by atoms with Gasteiger partial charge in [0.15, 0.2) is 5.11 Å². The summed E-state index contributed by atoms with van der Waals surface area (Å²) in [7, 11) is 1.46. The molecule has 2 atom stereocenters. The van der Waals surface area contributed by atoms with Gasteiger partial charge in [-0.1, -0.05) is 17.7 Å². The molecule has 3 aromatic heterocycles. The summed E-state index contributed by atoms with van der Waals surface area (Å²) in [4.78, 5) is 18.7. The standard InChI is InChI=1S/C25H25ClN8O2S/c1-15-10-18(16(2)34(15)32-13-28-29-14-32)24-23(21-6-4-5-9-27-21)31-25(37)33(24)17-7-8-20(19(26)11-17)30-22(35)12-36-3/h4-11,13-14,23-24H,12H2,1-3H3,(H,30,35)(H,31,37)/t23-,24+/m0/s1. The van der Waals surface area contributed by atoms with Gasteiger partial charge in [-0.15, -0.1) is 10.2 Å². The molecular weight excluding hydrogens is 512 g/mol. The number of methoxy groups -OCH3 is 1. The number of halogens is 1. The summed E-state index contributed by atoms with van der Waals surface area (Å²) < 4.78 is 8.78. The van der Waals surface area contributed by atoms with Gasteiger partial charge in [-0.05, 0) is 62.5 Å². The van der Waals surface area contributed by atoms with Crippen LogP contribution in [0.1, 0.15) is 34.7 Å². The molecule has 10 nitrogen and oxygen atoms in total. The maximum atomic E-state index is 12.0. The van der Waals surface area contributed by atoms with Crippen molar-refractivity contribution in [2.45, 2.75) is 25.9 Å². The van der Waals surface area contributed by atoms with E-state index < -0.39 is 0 Å². The highest BCUT2D eigenvalue weighted by atomic mass is 35.5. The van der Waals surface area contributed by atoms with Crippen molar-refractivity contribution in [1.29, 1.82) is 0 Å². The number of carbonyl (C=O) groups is 1. The Balaban J connectivity index is 1.60. The third kappa shape index (κ3) is 4.68. The molecule has 1 aromatic carbocycles. The van der Waals surface area contributed by atoms with Crippen LogP contribution in [0.25, 0.3) is 0 Å². The lowest BCUT2D eigenvalue weighted by atomic mass is 9.96. The van der Waals surface area contributed by atoms with Gasteiger partial charge >= 0.3 is 0 Å². The first-order valence-electron chi connectivity index (χ1n) is 11.5. The van der Waals surface area contributed by atoms with Gasteiger partial charge in [0.25, 0.3) is 0 Å². The summed E-state index contributed by atoms with van der Waals surface area (Å²) in [5.74, 6) is -0.287. The highest BCUT2D eigenvalue weighted by molar-refractivity contribution is 7.80. The molecule has 0 aliphatic carbocycles. The lowest BCUT2D eigenvalue weighted by Gasteiger charge is -2.28. The number of ether oxygens (including phenoxy) is 1. The van der Waals surface area contributed by atoms with Gasteiger partial charge in [0.1, 0.15) is 19.3 Å². The molecular formula is C25H25ClN8O2S. The highest BCUT2D eigenvalue weighted by Gasteiger charge is 2.42. The number of nitrogens with one attached hydrogen (secondary N) is 2. The van der Waals surface area contributed by atoms with E-state index >= 15 is 0 Å². The number of aryl methyl sites for hydroxylation is 1. The molecule has 1 aliphatic rings. The van der Waals surface area contributed by atoms with Crippen LogP contribution < -0.4 is 15.5 Å². The van der Waals surface area contributed by atoms with Crippen molar-refractivity contribution in [2.75, 3.05) is 23.9 Å². The van der Waals surface area contributed by atoms with Gasteiger partial charge in [-0.25, -0.2) is 4.68 Å². The van der Waals surface area contributed by atoms with Gasteiger partial charge < -0.3 is 20.3 Å². The number of hydrogen-bond donors (Lipinski definition) is 2. The van der Waals surface area contributed by atoms with E-state index in [1.54, 1.807) is 31.0 Å². The zero-order chi connectivity index (χ0) is 26.1. The van der Waals surface area contributed by atoms with Crippen LogP contribution in [-0.2, 0) is 9.53 Å². The molecule has 0 radical (unpaired) electrons. The Morgan fingerprint density at radius 2 is 1.97 bits per heavy atom. The van der Waals surface area contributed by atoms with Crippen LogP contribution in [0, 0.1) is 13.8 Å². The van der Waals surface area contributed by atoms with Crippen molar-refractivity contribution in [3.63, 3.8) is 0 Å². The van der Waals surface area contributed by atoms with E-state index in [-0.39, 0.29) is 24.6 Å². The number of hydrogen-bond acceptors (Lipinski definition) is 6. The topological polar surface area (TPSA) is 102 Å². The molecule has 4 heterocycles. The first kappa shape index (κ1) is 24.9. The summed E-state index contributed by atoms with van der Waals surface area (Å²) in [6, 6.07) is 13.0. The second kappa shape index (κ2) is 10.3. The normalized spacial score (nSPS) is 17.2. The Morgan fingerprint density at radius 1 is 1.19 bits per heavy atom. The first-order chi connectivity index (χ1) is 17.9. The predicted molar refractivity (Wildman–Crippen MR) is 145 cm³/mol. The summed E-state index contributed by atoms with van der Waals surface area (Å²) in [6.45, 7) is 4.03. The number of carbonyl (C=O) groups excluding carboxylic acids is 1. The van der Waals surface area contributed by atoms with Gasteiger partial charge in [0, 0.05) is 35.9 Å². The second-order valence-electron chi connectivity index (χ2n) is 8.62. The van der Waals surface area contributed by atoms with Gasteiger partial charge in [-0.2, -0.15) is 0 Å². The zero-order valence-corrected chi connectivity index (χ0v) is 22.0. The molecule has 0 unspecified atom stereocenters. The van der Waals surface area contributed by atoms with Crippen LogP contribution in [0.4, 0.5) is 11.4 Å². The number of benzene rings is 1. The lowest BCUT2D eigenvalue weighted by Crippen LogP contribution is -2.29. The maximum Gasteiger partial charge on any atom is 0.250 e. The number of anilines is 2. The van der Waals surface area contributed by atoms with Crippen LogP contribution >= 0.6 is 23.8 Å². The van der Waals surface area contributed by atoms with Gasteiger partial charge in [0.05, 0.1) is 28.5 Å². The highest BCUT2D eigenvalue weighted by Crippen LogP contribution is 2.44. The number of amides is 1. The van der Waals surface area contributed by atoms with Crippen LogP contribution in [0.2, 0.25) is 5.02 Å². The number of aromatic nitrogens is 5. The Labute approximate surface area is 224 Å². The number of pyridine rings is 1. The monoisotopic (exact) mass is 536 g/mol. The molecule has 12 heteroatoms. The van der Waals surface area contributed by atoms with Crippen molar-refractivity contribution < 1.29 is 9.53 Å². The third-order valence-corrected chi connectivity index (χ3v) is 6.90. The molecule has 1 saturated heterocycles. The van der Waals surface area contributed by atoms with Crippen molar-refractivity contribution in [3.8, 4) is 0 Å². The van der Waals surface area contributed by atoms with E-state index in [2.05, 4.69) is 38.8 Å². The van der Waals surface area contributed by atoms with Crippen molar-refractivity contribution >= 4 is 46.2 Å². The van der Waals surface area contributed by atoms with E-state index in [1.165, 1.54) is 7.11 Å². The smallest absolute Gasteiger partial charge is 0.250 e. The minimum Gasteiger partial charge on any atom is -0.375 e. The lowest BCUT2D eigenvalue weighted by molar-refractivity contribution is -0.119. The van der Waals surface area contributed by atoms with E-state index in [0.29, 0.717) is 15.8 Å². The van der Waals surface area contributed by atoms with E-state index in [0.717, 1.165) is 28.3 Å². The van der Waals surface area contributed by atoms with Gasteiger partial charge in [-0.3, -0.25) is 14.5 Å². The largest absolute Gasteiger partial charge is 0.375 e. The fourth-order valence-corrected chi connectivity index (χ4v) is 5.32. The van der Waals surface area contributed by atoms with Crippen LogP contribution in [0.5, 0.6) is 0 Å². The van der Waals surface area contributed by atoms with Crippen molar-refractivity contribution in [3.05, 3.63) is 89.0 Å². The predicted octanol–water partition coefficient (Wildman–Crippen LogP) is 3.82. The fraction of sp³-hybridized carbons (Fsp3) is 0.240. The Kier molecular flexibility index (Phi) is 6.92. The summed E-state index contributed by atoms with van der Waals surface area (Å²) in [5.41, 5.74) is 5.22. The van der Waals surface area contributed by atoms with Crippen LogP contribution in [0.3, 0.4) is 0 Å². The average Bonchev–Trinajstić information content (AvgIpc) is 3.59. The number of rotatable bonds is 7. The van der Waals surface area contributed by atoms with E-state index in [1.807, 2.05) is 45.4 Å². The molecule has 2 N–H and O–H groups in total. The molecule has 1 fully saturated rings. The minimum absolute atomic E-state index is 0.0614. The SMILES string of the molecule is COCC(=O)Nc1ccc(N2C(=S)N[C@@H](c3ccccn3)[C@H]2c2cc(C)n(-n3cnnc3)c2C)cc1Cl. The van der Waals surface area contributed by atoms with Crippen molar-refractivity contribution in [2.24, 2.45) is 0 Å². The van der Waals surface area contributed by atoms with E-state index in [9.17, 15) is 4.79 Å². The molecule has 5 rings (SSSR count). The Morgan fingerprint density at radius 3 is 2.65 bits per heavy atom. The fourth-order valence-electron chi connectivity index (χ4n) is 4.75. The van der Waals surface area contributed by atoms with Crippen LogP contribution in [0.15, 0.2) is 61.3 Å². The molecule has 0 bridgehead atoms. The summed E-state index contributed by atoms with van der Waals surface area (Å²) in [5, 5.41) is 15.1. The molecule has 37 heavy (non-hydrogen) atoms. The quantitative estimate of drug-likeness (QED) is 0.344. The number of thiocarbonyl (C=S) groups is 1. The average molecular weight is 537 g/mol. The number of nitrogens with zero attached hydrogens (tertiary/aromatic N) is 6. The first-order valence-corrected chi connectivity index (χ1v) is 12.3. The molecule has 190 valence electrons. The Hall–Kier alpha value is -3.80. The molecule has 0 saturated carbocycles. The third-order valence-electron chi connectivity index (χ3n) is 6.27. The van der Waals surface area contributed by atoms with E-state index in [4.69, 9.17) is 28.6 Å². The Bertz CT molecular complexity index is 1440. The zero-order valence-electron chi connectivity index (χ0n) is 20.4. The molecule has 1 amide bonds. The molecule has 4 aromatic rings. The van der Waals surface area contributed by atoms with Crippen LogP contribution in [-0.4, -0.2) is 49.3 Å². The second-order valence-corrected chi connectivity index (χ2v) is 9.42. The molecule has 1 aliphatic heterocycles. The van der Waals surface area contributed by atoms with Crippen molar-refractivity contribution in [1.82, 2.24) is 29.9 Å². The van der Waals surface area contributed by atoms with Gasteiger partial charge in [0.2, 0.25) is 5.91 Å². The molecule has 0 spiro atoms.